The fourth-order valence-corrected chi connectivity index (χ4v) is 1.72. The van der Waals surface area contributed by atoms with Crippen LogP contribution in [0, 0.1) is 0 Å². The van der Waals surface area contributed by atoms with Gasteiger partial charge in [0.1, 0.15) is 11.5 Å². The molecule has 1 aromatic heterocycles. The van der Waals surface area contributed by atoms with Gasteiger partial charge >= 0.3 is 0 Å². The number of furan rings is 1. The smallest absolute Gasteiger partial charge is 0.122 e. The molecule has 2 heteroatoms. The molecule has 0 N–H and O–H groups in total. The Labute approximate surface area is 89.5 Å². The summed E-state index contributed by atoms with van der Waals surface area (Å²) in [5.74, 6) is 2.08. The number of hydrogen-bond donors (Lipinski definition) is 0. The third-order valence-corrected chi connectivity index (χ3v) is 2.58. The van der Waals surface area contributed by atoms with E-state index in [1.807, 2.05) is 30.3 Å². The van der Waals surface area contributed by atoms with Crippen LogP contribution in [0.4, 0.5) is 0 Å². The summed E-state index contributed by atoms with van der Waals surface area (Å²) in [5.41, 5.74) is 1.15. The van der Waals surface area contributed by atoms with Crippen LogP contribution < -0.4 is 4.74 Å². The third-order valence-electron chi connectivity index (χ3n) is 2.58. The molecule has 15 heavy (non-hydrogen) atoms. The molecule has 0 spiro atoms. The maximum atomic E-state index is 5.39. The Bertz CT molecular complexity index is 418. The molecule has 1 aromatic carbocycles. The molecule has 2 nitrogen and oxygen atoms in total. The summed E-state index contributed by atoms with van der Waals surface area (Å²) in [6.45, 7) is 2.11. The number of benzene rings is 1. The van der Waals surface area contributed by atoms with E-state index in [-0.39, 0.29) is 5.92 Å². The Morgan fingerprint density at radius 1 is 1.13 bits per heavy atom. The van der Waals surface area contributed by atoms with E-state index in [1.165, 1.54) is 0 Å². The van der Waals surface area contributed by atoms with Crippen molar-refractivity contribution in [2.45, 2.75) is 12.8 Å². The molecule has 0 saturated heterocycles. The summed E-state index contributed by atoms with van der Waals surface area (Å²) in [4.78, 5) is 0. The van der Waals surface area contributed by atoms with Crippen LogP contribution in [0.2, 0.25) is 0 Å². The highest BCUT2D eigenvalue weighted by Gasteiger charge is 2.14. The van der Waals surface area contributed by atoms with E-state index in [1.54, 1.807) is 13.4 Å². The average Bonchev–Trinajstić information content (AvgIpc) is 2.81. The number of rotatable bonds is 3. The lowest BCUT2D eigenvalue weighted by atomic mass is 9.98. The Hall–Kier alpha value is -1.70. The normalized spacial score (nSPS) is 12.4. The van der Waals surface area contributed by atoms with Crippen molar-refractivity contribution < 1.29 is 9.15 Å². The van der Waals surface area contributed by atoms with Crippen LogP contribution in [0.5, 0.6) is 5.75 Å². The summed E-state index contributed by atoms with van der Waals surface area (Å²) in [5, 5.41) is 0. The van der Waals surface area contributed by atoms with Crippen LogP contribution in [-0.2, 0) is 0 Å². The minimum atomic E-state index is 0.219. The van der Waals surface area contributed by atoms with Gasteiger partial charge in [-0.2, -0.15) is 0 Å². The van der Waals surface area contributed by atoms with Gasteiger partial charge < -0.3 is 9.15 Å². The quantitative estimate of drug-likeness (QED) is 0.760. The Morgan fingerprint density at radius 3 is 2.60 bits per heavy atom. The van der Waals surface area contributed by atoms with Gasteiger partial charge in [0.15, 0.2) is 0 Å². The minimum absolute atomic E-state index is 0.219. The topological polar surface area (TPSA) is 22.4 Å². The first kappa shape index (κ1) is 9.84. The van der Waals surface area contributed by atoms with Gasteiger partial charge in [-0.1, -0.05) is 25.1 Å². The van der Waals surface area contributed by atoms with Crippen LogP contribution in [0.1, 0.15) is 24.2 Å². The summed E-state index contributed by atoms with van der Waals surface area (Å²) in [6.07, 6.45) is 1.70. The Kier molecular flexibility index (Phi) is 2.77. The van der Waals surface area contributed by atoms with Gasteiger partial charge in [-0.15, -0.1) is 0 Å². The molecule has 0 aliphatic heterocycles. The highest BCUT2D eigenvalue weighted by molar-refractivity contribution is 5.39. The van der Waals surface area contributed by atoms with E-state index < -0.39 is 0 Å². The van der Waals surface area contributed by atoms with E-state index in [2.05, 4.69) is 13.0 Å². The summed E-state index contributed by atoms with van der Waals surface area (Å²) < 4.78 is 10.7. The largest absolute Gasteiger partial charge is 0.496 e. The zero-order valence-electron chi connectivity index (χ0n) is 8.94. The molecular weight excluding hydrogens is 188 g/mol. The maximum Gasteiger partial charge on any atom is 0.122 e. The van der Waals surface area contributed by atoms with Crippen LogP contribution in [-0.4, -0.2) is 7.11 Å². The van der Waals surface area contributed by atoms with Crippen LogP contribution in [0.15, 0.2) is 47.1 Å². The van der Waals surface area contributed by atoms with Crippen molar-refractivity contribution in [2.24, 2.45) is 0 Å². The van der Waals surface area contributed by atoms with Gasteiger partial charge in [-0.25, -0.2) is 0 Å². The van der Waals surface area contributed by atoms with Crippen LogP contribution in [0.25, 0.3) is 0 Å². The number of para-hydroxylation sites is 1. The molecule has 1 unspecified atom stereocenters. The second-order valence-electron chi connectivity index (χ2n) is 3.48. The molecular formula is C13H14O2. The fraction of sp³-hybridized carbons (Fsp3) is 0.231. The molecule has 0 aliphatic rings. The predicted molar refractivity (Wildman–Crippen MR) is 59.2 cm³/mol. The molecule has 0 amide bonds. The SMILES string of the molecule is COc1ccccc1C(C)c1ccco1. The van der Waals surface area contributed by atoms with Crippen molar-refractivity contribution in [2.75, 3.05) is 7.11 Å². The monoisotopic (exact) mass is 202 g/mol. The standard InChI is InChI=1S/C13H14O2/c1-10(12-8-5-9-15-12)11-6-3-4-7-13(11)14-2/h3-10H,1-2H3. The van der Waals surface area contributed by atoms with Crippen LogP contribution in [0.3, 0.4) is 0 Å². The van der Waals surface area contributed by atoms with Gasteiger partial charge in [0.25, 0.3) is 0 Å². The molecule has 78 valence electrons. The molecule has 0 radical (unpaired) electrons. The van der Waals surface area contributed by atoms with Crippen LogP contribution >= 0.6 is 0 Å². The average molecular weight is 202 g/mol. The first-order valence-electron chi connectivity index (χ1n) is 4.99. The summed E-state index contributed by atoms with van der Waals surface area (Å²) >= 11 is 0. The van der Waals surface area contributed by atoms with Gasteiger partial charge in [0, 0.05) is 11.5 Å². The highest BCUT2D eigenvalue weighted by Crippen LogP contribution is 2.31. The molecule has 0 fully saturated rings. The van der Waals surface area contributed by atoms with E-state index >= 15 is 0 Å². The van der Waals surface area contributed by atoms with Crippen molar-refractivity contribution in [1.29, 1.82) is 0 Å². The molecule has 0 bridgehead atoms. The van der Waals surface area contributed by atoms with Crippen molar-refractivity contribution in [3.05, 3.63) is 54.0 Å². The first-order chi connectivity index (χ1) is 7.33. The molecule has 2 aromatic rings. The van der Waals surface area contributed by atoms with Crippen molar-refractivity contribution >= 4 is 0 Å². The lowest BCUT2D eigenvalue weighted by molar-refractivity contribution is 0.404. The highest BCUT2D eigenvalue weighted by atomic mass is 16.5. The van der Waals surface area contributed by atoms with Gasteiger partial charge in [0.05, 0.1) is 13.4 Å². The zero-order chi connectivity index (χ0) is 10.7. The van der Waals surface area contributed by atoms with Gasteiger partial charge in [0.2, 0.25) is 0 Å². The van der Waals surface area contributed by atoms with Gasteiger partial charge in [-0.05, 0) is 18.2 Å². The summed E-state index contributed by atoms with van der Waals surface area (Å²) in [7, 11) is 1.69. The Balaban J connectivity index is 2.37. The number of ether oxygens (including phenoxy) is 1. The van der Waals surface area contributed by atoms with Crippen molar-refractivity contribution in [3.63, 3.8) is 0 Å². The van der Waals surface area contributed by atoms with Crippen molar-refractivity contribution in [3.8, 4) is 5.75 Å². The van der Waals surface area contributed by atoms with E-state index in [0.29, 0.717) is 0 Å². The molecule has 0 aliphatic carbocycles. The van der Waals surface area contributed by atoms with Gasteiger partial charge in [-0.3, -0.25) is 0 Å². The Morgan fingerprint density at radius 2 is 1.93 bits per heavy atom. The third kappa shape index (κ3) is 1.89. The molecule has 2 rings (SSSR count). The number of hydrogen-bond acceptors (Lipinski definition) is 2. The van der Waals surface area contributed by atoms with E-state index in [4.69, 9.17) is 9.15 Å². The maximum absolute atomic E-state index is 5.39. The van der Waals surface area contributed by atoms with E-state index in [9.17, 15) is 0 Å². The summed E-state index contributed by atoms with van der Waals surface area (Å²) in [6, 6.07) is 11.9. The molecule has 1 heterocycles. The fourth-order valence-electron chi connectivity index (χ4n) is 1.72. The zero-order valence-corrected chi connectivity index (χ0v) is 8.94. The molecule has 0 saturated carbocycles. The molecule has 1 atom stereocenters. The minimum Gasteiger partial charge on any atom is -0.496 e. The predicted octanol–water partition coefficient (Wildman–Crippen LogP) is 3.44. The second-order valence-corrected chi connectivity index (χ2v) is 3.48. The van der Waals surface area contributed by atoms with Crippen molar-refractivity contribution in [1.82, 2.24) is 0 Å². The lowest BCUT2D eigenvalue weighted by Crippen LogP contribution is -1.97. The van der Waals surface area contributed by atoms with E-state index in [0.717, 1.165) is 17.1 Å². The lowest BCUT2D eigenvalue weighted by Gasteiger charge is -2.13. The first-order valence-corrected chi connectivity index (χ1v) is 4.99. The second kappa shape index (κ2) is 4.22. The number of methoxy groups -OCH3 is 1.